The van der Waals surface area contributed by atoms with Gasteiger partial charge in [0.15, 0.2) is 0 Å². The zero-order valence-corrected chi connectivity index (χ0v) is 18.2. The molecule has 0 amide bonds. The molecule has 165 valence electrons. The number of phosphoric ester groups is 1. The Balaban J connectivity index is 2.05. The van der Waals surface area contributed by atoms with Gasteiger partial charge in [0.1, 0.15) is 0 Å². The minimum atomic E-state index is -5.70. The predicted octanol–water partition coefficient (Wildman–Crippen LogP) is -3.00. The quantitative estimate of drug-likeness (QED) is 0.141. The predicted molar refractivity (Wildman–Crippen MR) is 89.6 cm³/mol. The van der Waals surface area contributed by atoms with Crippen LogP contribution in [0.1, 0.15) is 6.23 Å². The van der Waals surface area contributed by atoms with E-state index in [1.54, 1.807) is 0 Å². The van der Waals surface area contributed by atoms with Gasteiger partial charge in [-0.05, 0) is 0 Å². The van der Waals surface area contributed by atoms with Crippen LogP contribution in [0.5, 0.6) is 0 Å². The molecule has 1 aliphatic rings. The van der Waals surface area contributed by atoms with E-state index >= 15 is 0 Å². The zero-order valence-electron chi connectivity index (χ0n) is 13.8. The molecule has 6 N–H and O–H groups in total. The number of nitrogens with zero attached hydrogens (tertiary/aromatic N) is 2. The van der Waals surface area contributed by atoms with Gasteiger partial charge in [0.2, 0.25) is 0 Å². The van der Waals surface area contributed by atoms with Gasteiger partial charge in [-0.3, -0.25) is 0 Å². The molecule has 6 atom stereocenters. The molecule has 0 aromatic carbocycles. The second-order valence-electron chi connectivity index (χ2n) is 5.39. The van der Waals surface area contributed by atoms with Crippen molar-refractivity contribution in [3.05, 3.63) is 22.6 Å². The van der Waals surface area contributed by atoms with Crippen LogP contribution in [0.15, 0.2) is 17.1 Å². The van der Waals surface area contributed by atoms with Crippen molar-refractivity contribution in [2.75, 3.05) is 6.61 Å². The van der Waals surface area contributed by atoms with Crippen LogP contribution in [0.2, 0.25) is 0 Å². The Bertz CT molecular complexity index is 949. The van der Waals surface area contributed by atoms with Crippen LogP contribution < -0.4 is 10.3 Å². The van der Waals surface area contributed by atoms with E-state index in [0.717, 1.165) is 10.6 Å². The van der Waals surface area contributed by atoms with Crippen LogP contribution in [0.25, 0.3) is 0 Å². The molecule has 0 spiro atoms. The summed E-state index contributed by atoms with van der Waals surface area (Å²) in [5, 5.41) is 20.1. The van der Waals surface area contributed by atoms with E-state index in [9.17, 15) is 33.6 Å². The van der Waals surface area contributed by atoms with Crippen molar-refractivity contribution in [3.63, 3.8) is 0 Å². The summed E-state index contributed by atoms with van der Waals surface area (Å²) in [5.74, 6) is 0. The van der Waals surface area contributed by atoms with Crippen molar-refractivity contribution in [1.82, 2.24) is 9.55 Å². The summed E-state index contributed by atoms with van der Waals surface area (Å²) in [6.07, 6.45) is -4.82. The van der Waals surface area contributed by atoms with Crippen molar-refractivity contribution in [3.8, 4) is 0 Å². The maximum absolute atomic E-state index is 11.7. The van der Waals surface area contributed by atoms with E-state index in [0.29, 0.717) is 0 Å². The third-order valence-corrected chi connectivity index (χ3v) is 7.67. The molecular formula is C9H14N2O14P3Se. The third-order valence-electron chi connectivity index (χ3n) is 3.23. The Morgan fingerprint density at radius 2 is 1.72 bits per heavy atom. The standard InChI is InChI=1S/C9H14N2O14P3Se/c12-5-1-2-11(9(29)10-5)8-7(14)6(13)4(23-8)3-22-27(18,19)25-28(20,21)24-26(15,16)17/h1-2,4,6-8,13-14H,3H2,(H,18,19)(H,20,21)(H2,15,16,17)/t4-,6-,7-,8-/m1/s1. The third kappa shape index (κ3) is 7.11. The second-order valence-corrected chi connectivity index (χ2v) is 10.6. The summed E-state index contributed by atoms with van der Waals surface area (Å²) in [4.78, 5) is 50.1. The van der Waals surface area contributed by atoms with Crippen molar-refractivity contribution in [2.24, 2.45) is 0 Å². The molecule has 20 heteroatoms. The molecule has 1 fully saturated rings. The summed E-state index contributed by atoms with van der Waals surface area (Å²) >= 11 is 2.45. The summed E-state index contributed by atoms with van der Waals surface area (Å²) in [6, 6.07) is 1.04. The number of rotatable bonds is 8. The number of hydrogen-bond acceptors (Lipinski definition) is 11. The molecule has 1 radical (unpaired) electrons. The average Bonchev–Trinajstić information content (AvgIpc) is 2.78. The summed E-state index contributed by atoms with van der Waals surface area (Å²) in [6.45, 7) is -0.963. The van der Waals surface area contributed by atoms with E-state index in [2.05, 4.69) is 34.1 Å². The Morgan fingerprint density at radius 1 is 1.10 bits per heavy atom. The van der Waals surface area contributed by atoms with Crippen LogP contribution >= 0.6 is 23.5 Å². The number of aliphatic hydroxyl groups excluding tert-OH is 2. The average molecular weight is 546 g/mol. The monoisotopic (exact) mass is 547 g/mol. The first kappa shape index (κ1) is 25.0. The Labute approximate surface area is 169 Å². The second kappa shape index (κ2) is 9.05. The Hall–Kier alpha value is -0.311. The summed E-state index contributed by atoms with van der Waals surface area (Å²) in [5.41, 5.74) is -0.591. The van der Waals surface area contributed by atoms with Crippen LogP contribution in [0.3, 0.4) is 0 Å². The number of aromatic nitrogens is 2. The topological polar surface area (TPSA) is 244 Å². The van der Waals surface area contributed by atoms with Gasteiger partial charge >= 0.3 is 155 Å². The zero-order chi connectivity index (χ0) is 22.2. The fourth-order valence-electron chi connectivity index (χ4n) is 2.16. The molecule has 16 nitrogen and oxygen atoms in total. The number of hydrogen-bond donors (Lipinski definition) is 6. The molecule has 0 bridgehead atoms. The van der Waals surface area contributed by atoms with Crippen LogP contribution in [0, 0.1) is 0 Å². The fraction of sp³-hybridized carbons (Fsp3) is 0.556. The van der Waals surface area contributed by atoms with E-state index in [4.69, 9.17) is 19.4 Å². The van der Waals surface area contributed by atoms with Gasteiger partial charge in [-0.25, -0.2) is 4.57 Å². The number of ether oxygens (including phenoxy) is 1. The van der Waals surface area contributed by atoms with E-state index < -0.39 is 60.2 Å². The van der Waals surface area contributed by atoms with Gasteiger partial charge in [0, 0.05) is 0 Å². The molecule has 29 heavy (non-hydrogen) atoms. The normalized spacial score (nSPS) is 29.3. The van der Waals surface area contributed by atoms with Gasteiger partial charge in [0.25, 0.3) is 0 Å². The summed E-state index contributed by atoms with van der Waals surface area (Å²) < 4.78 is 51.4. The number of phosphoric acid groups is 3. The number of aliphatic hydroxyl groups is 2. The van der Waals surface area contributed by atoms with Crippen LogP contribution in [-0.2, 0) is 31.6 Å². The van der Waals surface area contributed by atoms with Gasteiger partial charge in [-0.15, -0.1) is 0 Å². The molecule has 2 heterocycles. The first-order valence-electron chi connectivity index (χ1n) is 7.16. The Morgan fingerprint density at radius 3 is 2.28 bits per heavy atom. The molecule has 2 unspecified atom stereocenters. The first-order chi connectivity index (χ1) is 13.1. The first-order valence-corrected chi connectivity index (χ1v) is 12.5. The molecule has 1 aromatic rings. The minimum absolute atomic E-state index is 0.00212. The van der Waals surface area contributed by atoms with Crippen molar-refractivity contribution < 1.29 is 61.4 Å². The van der Waals surface area contributed by atoms with Crippen molar-refractivity contribution >= 4 is 44.2 Å². The maximum atomic E-state index is 11.7. The van der Waals surface area contributed by atoms with E-state index in [-0.39, 0.29) is 4.72 Å². The van der Waals surface area contributed by atoms with Crippen molar-refractivity contribution in [1.29, 1.82) is 0 Å². The van der Waals surface area contributed by atoms with Gasteiger partial charge in [-0.1, -0.05) is 0 Å². The molecule has 1 saturated heterocycles. The van der Waals surface area contributed by atoms with Gasteiger partial charge < -0.3 is 9.79 Å². The fourth-order valence-corrected chi connectivity index (χ4v) is 5.72. The molecule has 1 aromatic heterocycles. The Kier molecular flexibility index (Phi) is 7.79. The molecule has 1 aliphatic heterocycles. The van der Waals surface area contributed by atoms with E-state index in [1.807, 2.05) is 0 Å². The van der Waals surface area contributed by atoms with Gasteiger partial charge in [0.05, 0.1) is 0 Å². The molecule has 0 aliphatic carbocycles. The molecular weight excluding hydrogens is 532 g/mol. The summed E-state index contributed by atoms with van der Waals surface area (Å²) in [7, 11) is -16.7. The molecule has 0 saturated carbocycles. The van der Waals surface area contributed by atoms with E-state index in [1.165, 1.54) is 6.20 Å². The van der Waals surface area contributed by atoms with Crippen LogP contribution in [0.4, 0.5) is 0 Å². The molecule has 2 rings (SSSR count). The van der Waals surface area contributed by atoms with Gasteiger partial charge in [-0.2, -0.15) is 0 Å². The van der Waals surface area contributed by atoms with Crippen molar-refractivity contribution in [2.45, 2.75) is 24.5 Å². The van der Waals surface area contributed by atoms with Crippen LogP contribution in [-0.4, -0.2) is 80.3 Å². The SMILES string of the molecule is O=c1ccn([C@@H]2O[C@H](COP(=O)(O)OP(=O)(O)OP(=O)(O)O)[C@@H](O)[C@H]2O)c([Se])n1.